The molecule has 0 unspecified atom stereocenters. The number of carbonyl (C=O) groups excluding carboxylic acids is 2. The van der Waals surface area contributed by atoms with Crippen molar-refractivity contribution in [2.45, 2.75) is 65.7 Å². The van der Waals surface area contributed by atoms with Gasteiger partial charge in [0.1, 0.15) is 18.0 Å². The number of alkyl carbamates (subject to hydrolysis) is 1. The van der Waals surface area contributed by atoms with Crippen LogP contribution in [0.15, 0.2) is 28.8 Å². The van der Waals surface area contributed by atoms with Crippen molar-refractivity contribution in [1.29, 1.82) is 0 Å². The Morgan fingerprint density at radius 3 is 2.51 bits per heavy atom. The third-order valence-corrected chi connectivity index (χ3v) is 5.69. The summed E-state index contributed by atoms with van der Waals surface area (Å²) in [4.78, 5) is 26.4. The van der Waals surface area contributed by atoms with E-state index >= 15 is 0 Å². The molecule has 9 heteroatoms. The summed E-state index contributed by atoms with van der Waals surface area (Å²) in [5.74, 6) is 1.82. The number of ether oxygens (including phenoxy) is 3. The first-order valence-electron chi connectivity index (χ1n) is 11.7. The van der Waals surface area contributed by atoms with Crippen LogP contribution >= 0.6 is 0 Å². The predicted molar refractivity (Wildman–Crippen MR) is 131 cm³/mol. The summed E-state index contributed by atoms with van der Waals surface area (Å²) in [7, 11) is 1.58. The summed E-state index contributed by atoms with van der Waals surface area (Å²) in [6.45, 7) is 10.7. The molecule has 9 nitrogen and oxygen atoms in total. The van der Waals surface area contributed by atoms with Crippen molar-refractivity contribution in [1.82, 2.24) is 15.4 Å². The van der Waals surface area contributed by atoms with Gasteiger partial charge in [0.15, 0.2) is 11.5 Å². The van der Waals surface area contributed by atoms with Gasteiger partial charge in [0.25, 0.3) is 0 Å². The van der Waals surface area contributed by atoms with Crippen LogP contribution in [0.25, 0.3) is 6.08 Å². The first kappa shape index (κ1) is 26.1. The minimum Gasteiger partial charge on any atom is -0.493 e. The molecule has 1 aliphatic heterocycles. The average Bonchev–Trinajstić information content (AvgIpc) is 3.12. The van der Waals surface area contributed by atoms with E-state index in [2.05, 4.69) is 10.5 Å². The molecule has 0 radical (unpaired) electrons. The van der Waals surface area contributed by atoms with E-state index < -0.39 is 11.7 Å². The van der Waals surface area contributed by atoms with Gasteiger partial charge in [-0.3, -0.25) is 4.79 Å². The average molecular weight is 486 g/mol. The van der Waals surface area contributed by atoms with Gasteiger partial charge in [-0.15, -0.1) is 0 Å². The van der Waals surface area contributed by atoms with Gasteiger partial charge < -0.3 is 29.0 Å². The van der Waals surface area contributed by atoms with E-state index in [-0.39, 0.29) is 11.9 Å². The fourth-order valence-corrected chi connectivity index (χ4v) is 3.76. The topological polar surface area (TPSA) is 103 Å². The monoisotopic (exact) mass is 485 g/mol. The molecule has 2 aromatic rings. The highest BCUT2D eigenvalue weighted by Gasteiger charge is 2.25. The van der Waals surface area contributed by atoms with Crippen LogP contribution in [0, 0.1) is 13.8 Å². The standard InChI is InChI=1S/C26H35N3O6/c1-17-21(18(2)35-28-17)16-33-22-9-7-19(15-23(22)32-6)8-10-24(30)29-13-11-20(12-14-29)27-25(31)34-26(3,4)5/h7-10,15,20H,11-14,16H2,1-6H3,(H,27,31)/b10-8+. The smallest absolute Gasteiger partial charge is 0.407 e. The van der Waals surface area contributed by atoms with Crippen molar-refractivity contribution in [2.24, 2.45) is 0 Å². The van der Waals surface area contributed by atoms with Crippen molar-refractivity contribution < 1.29 is 28.3 Å². The molecule has 2 amide bonds. The fraction of sp³-hybridized carbons (Fsp3) is 0.500. The molecular formula is C26H35N3O6. The summed E-state index contributed by atoms with van der Waals surface area (Å²) >= 11 is 0. The van der Waals surface area contributed by atoms with E-state index in [0.29, 0.717) is 44.0 Å². The lowest BCUT2D eigenvalue weighted by Gasteiger charge is -2.32. The van der Waals surface area contributed by atoms with Crippen LogP contribution in [0.4, 0.5) is 4.79 Å². The highest BCUT2D eigenvalue weighted by molar-refractivity contribution is 5.92. The summed E-state index contributed by atoms with van der Waals surface area (Å²) in [6, 6.07) is 5.50. The number of likely N-dealkylation sites (tertiary alicyclic amines) is 1. The van der Waals surface area contributed by atoms with Crippen LogP contribution in [-0.4, -0.2) is 53.9 Å². The summed E-state index contributed by atoms with van der Waals surface area (Å²) in [5.41, 5.74) is 1.99. The van der Waals surface area contributed by atoms with E-state index in [1.54, 1.807) is 24.2 Å². The summed E-state index contributed by atoms with van der Waals surface area (Å²) < 4.78 is 21.9. The Morgan fingerprint density at radius 2 is 1.91 bits per heavy atom. The maximum Gasteiger partial charge on any atom is 0.407 e. The Kier molecular flexibility index (Phi) is 8.43. The number of hydrogen-bond acceptors (Lipinski definition) is 7. The summed E-state index contributed by atoms with van der Waals surface area (Å²) in [5, 5.41) is 6.82. The second-order valence-corrected chi connectivity index (χ2v) is 9.58. The van der Waals surface area contributed by atoms with Gasteiger partial charge in [0.05, 0.1) is 18.4 Å². The third kappa shape index (κ3) is 7.50. The van der Waals surface area contributed by atoms with E-state index in [4.69, 9.17) is 18.7 Å². The number of amides is 2. The van der Waals surface area contributed by atoms with Crippen LogP contribution in [0.5, 0.6) is 11.5 Å². The van der Waals surface area contributed by atoms with Crippen molar-refractivity contribution in [3.05, 3.63) is 46.9 Å². The van der Waals surface area contributed by atoms with Crippen molar-refractivity contribution in [3.63, 3.8) is 0 Å². The number of aromatic nitrogens is 1. The lowest BCUT2D eigenvalue weighted by molar-refractivity contribution is -0.127. The minimum atomic E-state index is -0.534. The molecule has 0 saturated carbocycles. The molecule has 0 bridgehead atoms. The largest absolute Gasteiger partial charge is 0.493 e. The number of methoxy groups -OCH3 is 1. The Labute approximate surface area is 206 Å². The third-order valence-electron chi connectivity index (χ3n) is 5.69. The highest BCUT2D eigenvalue weighted by atomic mass is 16.6. The zero-order chi connectivity index (χ0) is 25.6. The van der Waals surface area contributed by atoms with E-state index in [9.17, 15) is 9.59 Å². The van der Waals surface area contributed by atoms with Gasteiger partial charge in [0, 0.05) is 25.2 Å². The molecule has 0 aliphatic carbocycles. The van der Waals surface area contributed by atoms with E-state index in [1.807, 2.05) is 52.8 Å². The molecule has 3 rings (SSSR count). The first-order valence-corrected chi connectivity index (χ1v) is 11.7. The molecule has 1 N–H and O–H groups in total. The molecule has 1 fully saturated rings. The van der Waals surface area contributed by atoms with Crippen molar-refractivity contribution >= 4 is 18.1 Å². The van der Waals surface area contributed by atoms with Gasteiger partial charge in [-0.1, -0.05) is 11.2 Å². The molecule has 1 aliphatic rings. The number of benzene rings is 1. The second-order valence-electron chi connectivity index (χ2n) is 9.58. The molecule has 190 valence electrons. The maximum atomic E-state index is 12.7. The first-order chi connectivity index (χ1) is 16.6. The number of nitrogens with one attached hydrogen (secondary N) is 1. The second kappa shape index (κ2) is 11.3. The van der Waals surface area contributed by atoms with Gasteiger partial charge in [0.2, 0.25) is 5.91 Å². The number of aryl methyl sites for hydroxylation is 2. The Hall–Kier alpha value is -3.49. The number of carbonyl (C=O) groups is 2. The van der Waals surface area contributed by atoms with Crippen LogP contribution in [0.1, 0.15) is 56.2 Å². The molecule has 2 heterocycles. The van der Waals surface area contributed by atoms with Gasteiger partial charge in [-0.25, -0.2) is 4.79 Å². The fourth-order valence-electron chi connectivity index (χ4n) is 3.76. The molecule has 1 aromatic carbocycles. The number of nitrogens with zero attached hydrogens (tertiary/aromatic N) is 2. The normalized spacial score (nSPS) is 14.7. The van der Waals surface area contributed by atoms with Gasteiger partial charge in [-0.2, -0.15) is 0 Å². The molecule has 0 spiro atoms. The quantitative estimate of drug-likeness (QED) is 0.580. The van der Waals surface area contributed by atoms with Gasteiger partial charge in [-0.05, 0) is 71.2 Å². The van der Waals surface area contributed by atoms with Crippen molar-refractivity contribution in [3.8, 4) is 11.5 Å². The molecule has 1 aromatic heterocycles. The lowest BCUT2D eigenvalue weighted by atomic mass is 10.1. The maximum absolute atomic E-state index is 12.7. The molecular weight excluding hydrogens is 450 g/mol. The van der Waals surface area contributed by atoms with Crippen LogP contribution < -0.4 is 14.8 Å². The van der Waals surface area contributed by atoms with E-state index in [0.717, 1.165) is 22.6 Å². The molecule has 1 saturated heterocycles. The number of piperidine rings is 1. The van der Waals surface area contributed by atoms with Crippen LogP contribution in [0.3, 0.4) is 0 Å². The highest BCUT2D eigenvalue weighted by Crippen LogP contribution is 2.30. The predicted octanol–water partition coefficient (Wildman–Crippen LogP) is 4.41. The Balaban J connectivity index is 1.52. The molecule has 35 heavy (non-hydrogen) atoms. The van der Waals surface area contributed by atoms with Crippen molar-refractivity contribution in [2.75, 3.05) is 20.2 Å². The number of hydrogen-bond donors (Lipinski definition) is 1. The zero-order valence-corrected chi connectivity index (χ0v) is 21.3. The SMILES string of the molecule is COc1cc(/C=C/C(=O)N2CCC(NC(=O)OC(C)(C)C)CC2)ccc1OCc1c(C)noc1C. The summed E-state index contributed by atoms with van der Waals surface area (Å²) in [6.07, 6.45) is 4.26. The van der Waals surface area contributed by atoms with Crippen LogP contribution in [-0.2, 0) is 16.1 Å². The zero-order valence-electron chi connectivity index (χ0n) is 21.3. The lowest BCUT2D eigenvalue weighted by Crippen LogP contribution is -2.47. The molecule has 0 atom stereocenters. The van der Waals surface area contributed by atoms with Crippen LogP contribution in [0.2, 0.25) is 0 Å². The van der Waals surface area contributed by atoms with Gasteiger partial charge >= 0.3 is 6.09 Å². The van der Waals surface area contributed by atoms with E-state index in [1.165, 1.54) is 0 Å². The minimum absolute atomic E-state index is 0.0000839. The number of rotatable bonds is 7. The Morgan fingerprint density at radius 1 is 1.20 bits per heavy atom. The Bertz CT molecular complexity index is 1040.